The Bertz CT molecular complexity index is 869. The number of rotatable bonds is 8. The molecule has 0 atom stereocenters. The molecule has 0 fully saturated rings. The summed E-state index contributed by atoms with van der Waals surface area (Å²) in [6, 6.07) is 8.38. The van der Waals surface area contributed by atoms with E-state index in [1.165, 1.54) is 17.3 Å². The minimum Gasteiger partial charge on any atom is -0.352 e. The van der Waals surface area contributed by atoms with Crippen molar-refractivity contribution in [1.82, 2.24) is 25.0 Å². The molecule has 8 heteroatoms. The lowest BCUT2D eigenvalue weighted by molar-refractivity contribution is -0.134. The van der Waals surface area contributed by atoms with Gasteiger partial charge in [0.25, 0.3) is 0 Å². The number of likely N-dealkylation sites (N-methyl/N-ethyl adjacent to an activating group) is 1. The molecule has 2 rings (SSSR count). The number of aromatic nitrogens is 3. The standard InChI is InChI=1S/C22H33N5O2S/c1-8-27(13-18(28)23-15(2)3)19(29)14-30-21-25-24-20(26(21)7)16-9-11-17(12-10-16)22(4,5)6/h9-12,15H,8,13-14H2,1-7H3,(H,23,28). The van der Waals surface area contributed by atoms with Crippen molar-refractivity contribution >= 4 is 23.6 Å². The lowest BCUT2D eigenvalue weighted by Gasteiger charge is -2.21. The largest absolute Gasteiger partial charge is 0.352 e. The summed E-state index contributed by atoms with van der Waals surface area (Å²) in [5.74, 6) is 0.719. The number of carbonyl (C=O) groups excluding carboxylic acids is 2. The molecule has 0 radical (unpaired) electrons. The van der Waals surface area contributed by atoms with Crippen molar-refractivity contribution in [1.29, 1.82) is 0 Å². The average Bonchev–Trinajstić information content (AvgIpc) is 3.03. The summed E-state index contributed by atoms with van der Waals surface area (Å²) in [4.78, 5) is 26.1. The Hall–Kier alpha value is -2.35. The third-order valence-corrected chi connectivity index (χ3v) is 5.69. The van der Waals surface area contributed by atoms with Crippen LogP contribution in [0.25, 0.3) is 11.4 Å². The maximum atomic E-state index is 12.6. The molecule has 7 nitrogen and oxygen atoms in total. The van der Waals surface area contributed by atoms with E-state index >= 15 is 0 Å². The first-order valence-corrected chi connectivity index (χ1v) is 11.2. The van der Waals surface area contributed by atoms with E-state index < -0.39 is 0 Å². The van der Waals surface area contributed by atoms with Crippen molar-refractivity contribution in [2.75, 3.05) is 18.8 Å². The Balaban J connectivity index is 2.02. The lowest BCUT2D eigenvalue weighted by atomic mass is 9.87. The van der Waals surface area contributed by atoms with Crippen LogP contribution in [0.1, 0.15) is 47.1 Å². The topological polar surface area (TPSA) is 80.1 Å². The van der Waals surface area contributed by atoms with Gasteiger partial charge < -0.3 is 14.8 Å². The lowest BCUT2D eigenvalue weighted by Crippen LogP contribution is -2.43. The maximum Gasteiger partial charge on any atom is 0.239 e. The van der Waals surface area contributed by atoms with E-state index in [0.29, 0.717) is 11.7 Å². The molecule has 0 aliphatic carbocycles. The fourth-order valence-corrected chi connectivity index (χ4v) is 3.76. The van der Waals surface area contributed by atoms with Crippen LogP contribution in [0.4, 0.5) is 0 Å². The van der Waals surface area contributed by atoms with Gasteiger partial charge in [-0.3, -0.25) is 9.59 Å². The normalized spacial score (nSPS) is 11.6. The predicted molar refractivity (Wildman–Crippen MR) is 121 cm³/mol. The fraction of sp³-hybridized carbons (Fsp3) is 0.545. The number of hydrogen-bond acceptors (Lipinski definition) is 5. The molecule has 0 saturated heterocycles. The molecule has 1 aromatic heterocycles. The number of nitrogens with one attached hydrogen (secondary N) is 1. The summed E-state index contributed by atoms with van der Waals surface area (Å²) in [5, 5.41) is 12.0. The molecule has 0 unspecified atom stereocenters. The van der Waals surface area contributed by atoms with Crippen molar-refractivity contribution in [3.8, 4) is 11.4 Å². The van der Waals surface area contributed by atoms with E-state index in [1.54, 1.807) is 4.90 Å². The van der Waals surface area contributed by atoms with Gasteiger partial charge in [-0.05, 0) is 31.7 Å². The molecule has 2 amide bonds. The summed E-state index contributed by atoms with van der Waals surface area (Å²) >= 11 is 1.33. The van der Waals surface area contributed by atoms with Crippen LogP contribution in [0.15, 0.2) is 29.4 Å². The zero-order valence-electron chi connectivity index (χ0n) is 19.0. The van der Waals surface area contributed by atoms with Crippen LogP contribution in [0.5, 0.6) is 0 Å². The van der Waals surface area contributed by atoms with E-state index in [0.717, 1.165) is 11.4 Å². The number of benzene rings is 1. The van der Waals surface area contributed by atoms with E-state index in [9.17, 15) is 9.59 Å². The van der Waals surface area contributed by atoms with Crippen LogP contribution in [0.2, 0.25) is 0 Å². The van der Waals surface area contributed by atoms with Crippen LogP contribution >= 0.6 is 11.8 Å². The Morgan fingerprint density at radius 1 is 1.17 bits per heavy atom. The summed E-state index contributed by atoms with van der Waals surface area (Å²) < 4.78 is 1.89. The minimum absolute atomic E-state index is 0.0511. The van der Waals surface area contributed by atoms with E-state index in [-0.39, 0.29) is 35.6 Å². The number of carbonyl (C=O) groups is 2. The highest BCUT2D eigenvalue weighted by molar-refractivity contribution is 7.99. The summed E-state index contributed by atoms with van der Waals surface area (Å²) in [6.45, 7) is 12.8. The number of nitrogens with zero attached hydrogens (tertiary/aromatic N) is 4. The third-order valence-electron chi connectivity index (χ3n) is 4.69. The van der Waals surface area contributed by atoms with Crippen molar-refractivity contribution in [2.45, 2.75) is 58.2 Å². The molecule has 1 aromatic carbocycles. The Kier molecular flexibility index (Phi) is 8.06. The highest BCUT2D eigenvalue weighted by Gasteiger charge is 2.19. The summed E-state index contributed by atoms with van der Waals surface area (Å²) in [5.41, 5.74) is 2.34. The molecule has 0 aliphatic heterocycles. The zero-order chi connectivity index (χ0) is 22.5. The number of amides is 2. The first-order valence-electron chi connectivity index (χ1n) is 10.2. The first-order chi connectivity index (χ1) is 14.0. The van der Waals surface area contributed by atoms with Crippen LogP contribution < -0.4 is 5.32 Å². The molecule has 0 bridgehead atoms. The maximum absolute atomic E-state index is 12.6. The molecular formula is C22H33N5O2S. The second-order valence-electron chi connectivity index (χ2n) is 8.61. The molecule has 164 valence electrons. The smallest absolute Gasteiger partial charge is 0.239 e. The van der Waals surface area contributed by atoms with Gasteiger partial charge in [0.2, 0.25) is 11.8 Å². The third kappa shape index (κ3) is 6.32. The fourth-order valence-electron chi connectivity index (χ4n) is 2.95. The molecule has 2 aromatic rings. The summed E-state index contributed by atoms with van der Waals surface area (Å²) in [6.07, 6.45) is 0. The molecular weight excluding hydrogens is 398 g/mol. The second-order valence-corrected chi connectivity index (χ2v) is 9.55. The first kappa shape index (κ1) is 23.9. The van der Waals surface area contributed by atoms with Gasteiger partial charge in [0, 0.05) is 25.2 Å². The van der Waals surface area contributed by atoms with Gasteiger partial charge >= 0.3 is 0 Å². The van der Waals surface area contributed by atoms with Crippen molar-refractivity contribution < 1.29 is 9.59 Å². The molecule has 0 spiro atoms. The van der Waals surface area contributed by atoms with Gasteiger partial charge in [-0.2, -0.15) is 0 Å². The Labute approximate surface area is 183 Å². The Morgan fingerprint density at radius 3 is 2.33 bits per heavy atom. The zero-order valence-corrected chi connectivity index (χ0v) is 19.8. The highest BCUT2D eigenvalue weighted by Crippen LogP contribution is 2.27. The predicted octanol–water partition coefficient (Wildman–Crippen LogP) is 3.24. The average molecular weight is 432 g/mol. The monoisotopic (exact) mass is 431 g/mol. The van der Waals surface area contributed by atoms with E-state index in [4.69, 9.17) is 0 Å². The number of thioether (sulfide) groups is 1. The SMILES string of the molecule is CCN(CC(=O)NC(C)C)C(=O)CSc1nnc(-c2ccc(C(C)(C)C)cc2)n1C. The highest BCUT2D eigenvalue weighted by atomic mass is 32.2. The van der Waals surface area contributed by atoms with Crippen LogP contribution in [0.3, 0.4) is 0 Å². The van der Waals surface area contributed by atoms with E-state index in [1.807, 2.05) is 32.4 Å². The van der Waals surface area contributed by atoms with Gasteiger partial charge in [-0.15, -0.1) is 10.2 Å². The molecule has 1 heterocycles. The molecule has 0 aliphatic rings. The summed E-state index contributed by atoms with van der Waals surface area (Å²) in [7, 11) is 1.90. The van der Waals surface area contributed by atoms with Gasteiger partial charge in [0.15, 0.2) is 11.0 Å². The van der Waals surface area contributed by atoms with Gasteiger partial charge in [0.05, 0.1) is 12.3 Å². The minimum atomic E-state index is -0.148. The van der Waals surface area contributed by atoms with Crippen LogP contribution in [0, 0.1) is 0 Å². The van der Waals surface area contributed by atoms with Gasteiger partial charge in [-0.1, -0.05) is 56.8 Å². The van der Waals surface area contributed by atoms with Crippen LogP contribution in [-0.4, -0.2) is 56.4 Å². The van der Waals surface area contributed by atoms with Crippen molar-refractivity contribution in [3.05, 3.63) is 29.8 Å². The molecule has 1 N–H and O–H groups in total. The van der Waals surface area contributed by atoms with E-state index in [2.05, 4.69) is 60.6 Å². The van der Waals surface area contributed by atoms with Gasteiger partial charge in [0.1, 0.15) is 0 Å². The van der Waals surface area contributed by atoms with Crippen molar-refractivity contribution in [3.63, 3.8) is 0 Å². The Morgan fingerprint density at radius 2 is 1.80 bits per heavy atom. The van der Waals surface area contributed by atoms with Crippen molar-refractivity contribution in [2.24, 2.45) is 7.05 Å². The van der Waals surface area contributed by atoms with Crippen LogP contribution in [-0.2, 0) is 22.1 Å². The van der Waals surface area contributed by atoms with Gasteiger partial charge in [-0.25, -0.2) is 0 Å². The molecule has 30 heavy (non-hydrogen) atoms. The quantitative estimate of drug-likeness (QED) is 0.649. The molecule has 0 saturated carbocycles. The number of hydrogen-bond donors (Lipinski definition) is 1. The second kappa shape index (κ2) is 10.1.